The van der Waals surface area contributed by atoms with E-state index in [1.54, 1.807) is 0 Å². The van der Waals surface area contributed by atoms with Crippen molar-refractivity contribution in [2.24, 2.45) is 11.8 Å². The second-order valence-corrected chi connectivity index (χ2v) is 8.86. The van der Waals surface area contributed by atoms with Crippen LogP contribution in [0.4, 0.5) is 13.2 Å². The van der Waals surface area contributed by atoms with Gasteiger partial charge in [0.15, 0.2) is 0 Å². The largest absolute Gasteiger partial charge is 0.461 e. The molecule has 174 valence electrons. The van der Waals surface area contributed by atoms with E-state index in [4.69, 9.17) is 16.0 Å². The van der Waals surface area contributed by atoms with Crippen molar-refractivity contribution in [2.75, 3.05) is 0 Å². The molecule has 2 fully saturated rings. The van der Waals surface area contributed by atoms with Crippen LogP contribution in [0.3, 0.4) is 0 Å². The molecular formula is C24H20ClF3O5. The van der Waals surface area contributed by atoms with Crippen molar-refractivity contribution in [2.45, 2.75) is 50.6 Å². The van der Waals surface area contributed by atoms with E-state index in [1.807, 2.05) is 0 Å². The molecule has 0 bridgehead atoms. The Labute approximate surface area is 192 Å². The molecule has 1 heterocycles. The Morgan fingerprint density at radius 2 is 1.33 bits per heavy atom. The van der Waals surface area contributed by atoms with Gasteiger partial charge in [-0.1, -0.05) is 11.6 Å². The molecule has 9 heteroatoms. The first-order valence-electron chi connectivity index (χ1n) is 10.7. The van der Waals surface area contributed by atoms with Crippen LogP contribution in [-0.4, -0.2) is 23.1 Å². The lowest BCUT2D eigenvalue weighted by Gasteiger charge is -2.33. The lowest BCUT2D eigenvalue weighted by atomic mass is 9.67. The zero-order valence-electron chi connectivity index (χ0n) is 17.4. The number of carbonyl (C=O) groups is 4. The topological polar surface area (TPSA) is 81.4 Å². The minimum atomic E-state index is -4.60. The Kier molecular flexibility index (Phi) is 6.31. The van der Waals surface area contributed by atoms with E-state index in [1.165, 1.54) is 12.1 Å². The molecule has 0 radical (unpaired) electrons. The highest BCUT2D eigenvalue weighted by atomic mass is 35.5. The van der Waals surface area contributed by atoms with Gasteiger partial charge < -0.3 is 4.42 Å². The van der Waals surface area contributed by atoms with Gasteiger partial charge in [0.25, 0.3) is 0 Å². The highest BCUT2D eigenvalue weighted by molar-refractivity contribution is 6.33. The van der Waals surface area contributed by atoms with E-state index >= 15 is 0 Å². The third-order valence-corrected chi connectivity index (χ3v) is 6.64. The molecule has 0 spiro atoms. The minimum Gasteiger partial charge on any atom is -0.461 e. The van der Waals surface area contributed by atoms with Crippen LogP contribution in [0.15, 0.2) is 34.7 Å². The molecule has 0 unspecified atom stereocenters. The first-order valence-corrected chi connectivity index (χ1v) is 11.0. The van der Waals surface area contributed by atoms with Crippen molar-refractivity contribution in [3.8, 4) is 11.3 Å². The fraction of sp³-hybridized carbons (Fsp3) is 0.417. The molecule has 1 aromatic carbocycles. The zero-order valence-corrected chi connectivity index (χ0v) is 18.2. The van der Waals surface area contributed by atoms with Crippen LogP contribution in [0.1, 0.15) is 55.8 Å². The summed E-state index contributed by atoms with van der Waals surface area (Å²) in [5, 5.41) is 0.00934. The molecule has 1 aromatic heterocycles. The van der Waals surface area contributed by atoms with Gasteiger partial charge in [0.05, 0.1) is 28.3 Å². The highest BCUT2D eigenvalue weighted by Gasteiger charge is 2.48. The zero-order chi connectivity index (χ0) is 23.9. The summed E-state index contributed by atoms with van der Waals surface area (Å²) in [6, 6.07) is 5.56. The Hall–Kier alpha value is -2.74. The van der Waals surface area contributed by atoms with Gasteiger partial charge in [-0.25, -0.2) is 0 Å². The second kappa shape index (κ2) is 8.89. The van der Waals surface area contributed by atoms with Crippen molar-refractivity contribution >= 4 is 34.7 Å². The number of carbonyl (C=O) groups excluding carboxylic acids is 4. The van der Waals surface area contributed by atoms with E-state index in [2.05, 4.69) is 0 Å². The van der Waals surface area contributed by atoms with Gasteiger partial charge in [-0.05, 0) is 43.2 Å². The first kappa shape index (κ1) is 23.4. The van der Waals surface area contributed by atoms with Crippen LogP contribution < -0.4 is 0 Å². The summed E-state index contributed by atoms with van der Waals surface area (Å²) in [4.78, 5) is 50.9. The van der Waals surface area contributed by atoms with E-state index in [-0.39, 0.29) is 70.9 Å². The molecule has 0 N–H and O–H groups in total. The molecule has 0 aliphatic heterocycles. The fourth-order valence-corrected chi connectivity index (χ4v) is 4.95. The summed E-state index contributed by atoms with van der Waals surface area (Å²) in [5.74, 6) is -4.96. The van der Waals surface area contributed by atoms with Crippen molar-refractivity contribution < 1.29 is 36.8 Å². The third kappa shape index (κ3) is 4.53. The van der Waals surface area contributed by atoms with Gasteiger partial charge in [0.1, 0.15) is 34.7 Å². The standard InChI is InChI=1S/C24H20ClF3O5/c25-14-8-7-12(24(26,27)28)11-13(14)19-9-10-20(33-19)23(21-15(29)3-1-4-16(21)30)22-17(31)5-2-6-18(22)32/h7-11,21-23H,1-6H2. The van der Waals surface area contributed by atoms with Gasteiger partial charge in [-0.3, -0.25) is 19.2 Å². The number of furan rings is 1. The monoisotopic (exact) mass is 480 g/mol. The number of Topliss-reactive ketones (excluding diaryl/α,β-unsaturated/α-hetero) is 4. The third-order valence-electron chi connectivity index (χ3n) is 6.31. The van der Waals surface area contributed by atoms with E-state index in [0.29, 0.717) is 12.8 Å². The Morgan fingerprint density at radius 1 is 0.818 bits per heavy atom. The van der Waals surface area contributed by atoms with Crippen molar-refractivity contribution in [1.82, 2.24) is 0 Å². The van der Waals surface area contributed by atoms with Crippen molar-refractivity contribution in [1.29, 1.82) is 0 Å². The number of hydrogen-bond donors (Lipinski definition) is 0. The molecule has 0 saturated heterocycles. The number of hydrogen-bond acceptors (Lipinski definition) is 5. The normalized spacial score (nSPS) is 19.1. The average molecular weight is 481 g/mol. The molecule has 2 aliphatic carbocycles. The maximum atomic E-state index is 13.2. The predicted molar refractivity (Wildman–Crippen MR) is 112 cm³/mol. The Bertz CT molecular complexity index is 1060. The van der Waals surface area contributed by atoms with Crippen LogP contribution in [0.25, 0.3) is 11.3 Å². The molecule has 5 nitrogen and oxygen atoms in total. The number of rotatable bonds is 4. The Morgan fingerprint density at radius 3 is 1.82 bits per heavy atom. The van der Waals surface area contributed by atoms with Gasteiger partial charge in [-0.2, -0.15) is 13.2 Å². The van der Waals surface area contributed by atoms with Crippen molar-refractivity contribution in [3.05, 3.63) is 46.7 Å². The summed E-state index contributed by atoms with van der Waals surface area (Å²) in [6.07, 6.45) is -3.21. The van der Waals surface area contributed by atoms with Crippen LogP contribution in [0, 0.1) is 11.8 Å². The first-order chi connectivity index (χ1) is 15.6. The average Bonchev–Trinajstić information content (AvgIpc) is 3.21. The summed E-state index contributed by atoms with van der Waals surface area (Å²) >= 11 is 6.12. The molecule has 2 aromatic rings. The molecule has 0 amide bonds. The quantitative estimate of drug-likeness (QED) is 0.534. The summed E-state index contributed by atoms with van der Waals surface area (Å²) < 4.78 is 45.4. The number of alkyl halides is 3. The SMILES string of the molecule is O=C1CCCC(=O)C1C(c1ccc(-c2cc(C(F)(F)F)ccc2Cl)o1)C1C(=O)CCCC1=O. The molecule has 2 saturated carbocycles. The maximum Gasteiger partial charge on any atom is 0.416 e. The van der Waals surface area contributed by atoms with Crippen molar-refractivity contribution in [3.63, 3.8) is 0 Å². The van der Waals surface area contributed by atoms with Gasteiger partial charge in [0.2, 0.25) is 0 Å². The predicted octanol–water partition coefficient (Wildman–Crippen LogP) is 5.58. The van der Waals surface area contributed by atoms with E-state index in [9.17, 15) is 32.3 Å². The van der Waals surface area contributed by atoms with Gasteiger partial charge in [-0.15, -0.1) is 0 Å². The number of ketones is 4. The minimum absolute atomic E-state index is 0.00934. The molecule has 4 rings (SSSR count). The molecule has 2 aliphatic rings. The van der Waals surface area contributed by atoms with E-state index < -0.39 is 29.5 Å². The summed E-state index contributed by atoms with van der Waals surface area (Å²) in [6.45, 7) is 0. The summed E-state index contributed by atoms with van der Waals surface area (Å²) in [5.41, 5.74) is -0.953. The Balaban J connectivity index is 1.80. The maximum absolute atomic E-state index is 13.2. The highest BCUT2D eigenvalue weighted by Crippen LogP contribution is 2.44. The molecular weight excluding hydrogens is 461 g/mol. The molecule has 0 atom stereocenters. The number of benzene rings is 1. The molecule has 33 heavy (non-hydrogen) atoms. The fourth-order valence-electron chi connectivity index (χ4n) is 4.74. The second-order valence-electron chi connectivity index (χ2n) is 8.45. The van der Waals surface area contributed by atoms with E-state index in [0.717, 1.165) is 18.2 Å². The number of halogens is 4. The van der Waals surface area contributed by atoms with Crippen LogP contribution in [0.5, 0.6) is 0 Å². The summed E-state index contributed by atoms with van der Waals surface area (Å²) in [7, 11) is 0. The lowest BCUT2D eigenvalue weighted by Crippen LogP contribution is -2.43. The lowest BCUT2D eigenvalue weighted by molar-refractivity contribution is -0.142. The van der Waals surface area contributed by atoms with Crippen LogP contribution >= 0.6 is 11.6 Å². The van der Waals surface area contributed by atoms with Crippen LogP contribution in [-0.2, 0) is 25.4 Å². The van der Waals surface area contributed by atoms with Gasteiger partial charge >= 0.3 is 6.18 Å². The van der Waals surface area contributed by atoms with Gasteiger partial charge in [0, 0.05) is 31.2 Å². The smallest absolute Gasteiger partial charge is 0.416 e. The van der Waals surface area contributed by atoms with Crippen LogP contribution in [0.2, 0.25) is 5.02 Å².